The molecule has 0 atom stereocenters. The van der Waals surface area contributed by atoms with Crippen LogP contribution in [0, 0.1) is 16.0 Å². The number of rotatable bonds is 10. The second kappa shape index (κ2) is 11.6. The molecule has 3 rings (SSSR count). The van der Waals surface area contributed by atoms with Crippen LogP contribution < -0.4 is 26.4 Å². The molecule has 1 saturated carbocycles. The Labute approximate surface area is 198 Å². The van der Waals surface area contributed by atoms with E-state index < -0.39 is 11.3 Å². The molecule has 1 fully saturated rings. The van der Waals surface area contributed by atoms with E-state index in [2.05, 4.69) is 30.7 Å². The number of ether oxygens (including phenoxy) is 1. The van der Waals surface area contributed by atoms with Gasteiger partial charge in [0.05, 0.1) is 11.5 Å². The van der Waals surface area contributed by atoms with Crippen molar-refractivity contribution in [2.24, 2.45) is 11.7 Å². The summed E-state index contributed by atoms with van der Waals surface area (Å²) in [5.41, 5.74) is 5.21. The maximum absolute atomic E-state index is 12.6. The van der Waals surface area contributed by atoms with Crippen molar-refractivity contribution in [3.8, 4) is 5.75 Å². The van der Waals surface area contributed by atoms with Gasteiger partial charge in [-0.05, 0) is 37.7 Å². The Morgan fingerprint density at radius 3 is 2.57 bits per heavy atom. The lowest BCUT2D eigenvalue weighted by atomic mass is 9.86. The van der Waals surface area contributed by atoms with Crippen LogP contribution in [-0.4, -0.2) is 46.3 Å². The second-order valence-electron chi connectivity index (χ2n) is 8.06. The number of nitrogens with zero attached hydrogens (tertiary/aromatic N) is 3. The van der Waals surface area contributed by atoms with Gasteiger partial charge in [0, 0.05) is 24.7 Å². The Kier molecular flexibility index (Phi) is 8.63. The number of nitrogens with two attached hydrogens (primary N) is 1. The average molecular weight is 497 g/mol. The van der Waals surface area contributed by atoms with Crippen LogP contribution in [0.4, 0.5) is 30.6 Å². The van der Waals surface area contributed by atoms with Crippen LogP contribution in [0.15, 0.2) is 30.5 Å². The summed E-state index contributed by atoms with van der Waals surface area (Å²) in [5.74, 6) is -0.334. The van der Waals surface area contributed by atoms with Crippen LogP contribution in [0.5, 0.6) is 5.75 Å². The summed E-state index contributed by atoms with van der Waals surface area (Å²) in [6.45, 7) is 0.273. The number of alkyl halides is 3. The summed E-state index contributed by atoms with van der Waals surface area (Å²) < 4.78 is 41.9. The normalized spacial score (nSPS) is 17.9. The van der Waals surface area contributed by atoms with Gasteiger partial charge in [0.15, 0.2) is 0 Å². The van der Waals surface area contributed by atoms with Crippen molar-refractivity contribution in [1.29, 1.82) is 0 Å². The molecule has 14 heteroatoms. The molecule has 1 amide bonds. The zero-order valence-corrected chi connectivity index (χ0v) is 18.7. The van der Waals surface area contributed by atoms with Gasteiger partial charge < -0.3 is 26.4 Å². The van der Waals surface area contributed by atoms with Gasteiger partial charge in [0.25, 0.3) is 0 Å². The average Bonchev–Trinajstić information content (AvgIpc) is 2.82. The fraction of sp³-hybridized carbons (Fsp3) is 0.476. The number of nitro groups is 1. The van der Waals surface area contributed by atoms with Crippen LogP contribution in [0.25, 0.3) is 0 Å². The first-order valence-electron chi connectivity index (χ1n) is 11.0. The summed E-state index contributed by atoms with van der Waals surface area (Å²) >= 11 is 0. The lowest BCUT2D eigenvalue weighted by Gasteiger charge is -2.29. The first-order chi connectivity index (χ1) is 16.6. The summed E-state index contributed by atoms with van der Waals surface area (Å²) in [6, 6.07) is 5.67. The van der Waals surface area contributed by atoms with Gasteiger partial charge in [-0.1, -0.05) is 18.2 Å². The first-order valence-corrected chi connectivity index (χ1v) is 11.0. The Morgan fingerprint density at radius 2 is 1.91 bits per heavy atom. The molecule has 1 aromatic carbocycles. The van der Waals surface area contributed by atoms with Crippen molar-refractivity contribution < 1.29 is 27.6 Å². The summed E-state index contributed by atoms with van der Waals surface area (Å²) in [6.07, 6.45) is -0.640. The molecule has 0 saturated heterocycles. The van der Waals surface area contributed by atoms with Gasteiger partial charge in [-0.2, -0.15) is 4.98 Å². The van der Waals surface area contributed by atoms with E-state index in [1.807, 2.05) is 0 Å². The van der Waals surface area contributed by atoms with Crippen molar-refractivity contribution in [3.63, 3.8) is 0 Å². The Hall–Kier alpha value is -3.68. The van der Waals surface area contributed by atoms with Gasteiger partial charge in [-0.15, -0.1) is 13.2 Å². The minimum atomic E-state index is -4.84. The van der Waals surface area contributed by atoms with Gasteiger partial charge in [-0.3, -0.25) is 14.9 Å². The lowest BCUT2D eigenvalue weighted by molar-refractivity contribution is -0.384. The predicted octanol–water partition coefficient (Wildman–Crippen LogP) is 2.94. The molecule has 0 unspecified atom stereocenters. The highest BCUT2D eigenvalue weighted by Crippen LogP contribution is 2.29. The van der Waals surface area contributed by atoms with E-state index in [4.69, 9.17) is 5.73 Å². The highest BCUT2D eigenvalue weighted by molar-refractivity contribution is 5.78. The molecule has 5 N–H and O–H groups in total. The molecule has 0 aliphatic heterocycles. The van der Waals surface area contributed by atoms with E-state index in [9.17, 15) is 28.1 Å². The van der Waals surface area contributed by atoms with Crippen molar-refractivity contribution in [3.05, 3.63) is 46.1 Å². The molecular formula is C21H26F3N7O4. The summed E-state index contributed by atoms with van der Waals surface area (Å²) in [5, 5.41) is 20.0. The topological polar surface area (TPSA) is 157 Å². The number of hydrogen-bond donors (Lipinski definition) is 4. The predicted molar refractivity (Wildman–Crippen MR) is 121 cm³/mol. The number of para-hydroxylation sites is 1. The molecule has 11 nitrogen and oxygen atoms in total. The SMILES string of the molecule is NCC(=O)NC1CCC(CNc2nc(NCc3ccccc3OC(F)(F)F)ncc2[N+](=O)[O-])CC1. The van der Waals surface area contributed by atoms with Crippen molar-refractivity contribution in [2.75, 3.05) is 23.7 Å². The number of carbonyl (C=O) groups excluding carboxylic acids is 1. The van der Waals surface area contributed by atoms with Crippen molar-refractivity contribution in [1.82, 2.24) is 15.3 Å². The third-order valence-corrected chi connectivity index (χ3v) is 5.56. The number of hydrogen-bond acceptors (Lipinski definition) is 9. The second-order valence-corrected chi connectivity index (χ2v) is 8.06. The number of nitrogens with one attached hydrogen (secondary N) is 3. The molecule has 0 bridgehead atoms. The van der Waals surface area contributed by atoms with Crippen molar-refractivity contribution in [2.45, 2.75) is 44.6 Å². The quantitative estimate of drug-likeness (QED) is 0.286. The van der Waals surface area contributed by atoms with Crippen LogP contribution in [0.1, 0.15) is 31.2 Å². The van der Waals surface area contributed by atoms with E-state index in [0.717, 1.165) is 31.9 Å². The molecule has 0 spiro atoms. The van der Waals surface area contributed by atoms with Gasteiger partial charge in [0.1, 0.15) is 11.9 Å². The number of carbonyl (C=O) groups is 1. The van der Waals surface area contributed by atoms with E-state index >= 15 is 0 Å². The number of amides is 1. The molecule has 1 aliphatic carbocycles. The van der Waals surface area contributed by atoms with Gasteiger partial charge in [0.2, 0.25) is 17.7 Å². The highest BCUT2D eigenvalue weighted by atomic mass is 19.4. The van der Waals surface area contributed by atoms with Gasteiger partial charge >= 0.3 is 12.0 Å². The van der Waals surface area contributed by atoms with Crippen LogP contribution in [0.3, 0.4) is 0 Å². The minimum Gasteiger partial charge on any atom is -0.405 e. The number of anilines is 2. The molecule has 1 aliphatic rings. The molecule has 35 heavy (non-hydrogen) atoms. The molecule has 1 aromatic heterocycles. The van der Waals surface area contributed by atoms with Gasteiger partial charge in [-0.25, -0.2) is 4.98 Å². The maximum atomic E-state index is 12.6. The summed E-state index contributed by atoms with van der Waals surface area (Å²) in [7, 11) is 0. The van der Waals surface area contributed by atoms with E-state index in [0.29, 0.717) is 6.54 Å². The van der Waals surface area contributed by atoms with Crippen LogP contribution in [0.2, 0.25) is 0 Å². The zero-order chi connectivity index (χ0) is 25.4. The molecule has 1 heterocycles. The largest absolute Gasteiger partial charge is 0.573 e. The molecule has 190 valence electrons. The number of benzene rings is 1. The maximum Gasteiger partial charge on any atom is 0.573 e. The van der Waals surface area contributed by atoms with E-state index in [1.165, 1.54) is 18.2 Å². The standard InChI is InChI=1S/C21H26F3N7O4/c22-21(23,24)35-17-4-2-1-3-14(17)11-27-20-28-12-16(31(33)34)19(30-20)26-10-13-5-7-15(8-6-13)29-18(32)9-25/h1-4,12-13,15H,5-11,25H2,(H,29,32)(H2,26,27,28,30). The minimum absolute atomic E-state index is 0.00545. The molecule has 0 radical (unpaired) electrons. The lowest BCUT2D eigenvalue weighted by Crippen LogP contribution is -2.41. The third kappa shape index (κ3) is 7.95. The highest BCUT2D eigenvalue weighted by Gasteiger charge is 2.32. The fourth-order valence-corrected chi connectivity index (χ4v) is 3.81. The smallest absolute Gasteiger partial charge is 0.405 e. The molecule has 2 aromatic rings. The Bertz CT molecular complexity index is 1030. The first kappa shape index (κ1) is 25.9. The monoisotopic (exact) mass is 497 g/mol. The van der Waals surface area contributed by atoms with Crippen LogP contribution in [-0.2, 0) is 11.3 Å². The zero-order valence-electron chi connectivity index (χ0n) is 18.7. The fourth-order valence-electron chi connectivity index (χ4n) is 3.81. The number of halogens is 3. The third-order valence-electron chi connectivity index (χ3n) is 5.56. The number of aromatic nitrogens is 2. The Morgan fingerprint density at radius 1 is 1.20 bits per heavy atom. The Balaban J connectivity index is 1.61. The van der Waals surface area contributed by atoms with Crippen molar-refractivity contribution >= 4 is 23.4 Å². The van der Waals surface area contributed by atoms with E-state index in [1.54, 1.807) is 6.07 Å². The molecular weight excluding hydrogens is 471 g/mol. The van der Waals surface area contributed by atoms with E-state index in [-0.39, 0.29) is 59.7 Å². The van der Waals surface area contributed by atoms with Crippen LogP contribution >= 0.6 is 0 Å². The summed E-state index contributed by atoms with van der Waals surface area (Å²) in [4.78, 5) is 30.3.